The number of methoxy groups -OCH3 is 1. The van der Waals surface area contributed by atoms with Gasteiger partial charge in [-0.3, -0.25) is 4.90 Å². The van der Waals surface area contributed by atoms with Gasteiger partial charge in [0.25, 0.3) is 0 Å². The Bertz CT molecular complexity index is 392. The van der Waals surface area contributed by atoms with E-state index in [-0.39, 0.29) is 5.54 Å². The van der Waals surface area contributed by atoms with Gasteiger partial charge >= 0.3 is 0 Å². The summed E-state index contributed by atoms with van der Waals surface area (Å²) in [4.78, 5) is 6.64. The van der Waals surface area contributed by atoms with E-state index in [1.165, 1.54) is 12.0 Å². The summed E-state index contributed by atoms with van der Waals surface area (Å²) >= 11 is 0. The molecular weight excluding hydrogens is 226 g/mol. The number of hydrogen-bond donors (Lipinski definition) is 1. The quantitative estimate of drug-likeness (QED) is 0.884. The Hall–Kier alpha value is -1.13. The van der Waals surface area contributed by atoms with Crippen molar-refractivity contribution in [2.45, 2.75) is 32.4 Å². The third-order valence-corrected chi connectivity index (χ3v) is 3.29. The van der Waals surface area contributed by atoms with Crippen molar-refractivity contribution in [1.82, 2.24) is 15.2 Å². The van der Waals surface area contributed by atoms with Crippen LogP contribution in [-0.4, -0.2) is 42.2 Å². The molecule has 1 saturated heterocycles. The van der Waals surface area contributed by atoms with Crippen LogP contribution in [-0.2, 0) is 6.54 Å². The predicted octanol–water partition coefficient (Wildman–Crippen LogP) is 1.66. The fourth-order valence-electron chi connectivity index (χ4n) is 2.48. The smallest absolute Gasteiger partial charge is 0.213 e. The zero-order chi connectivity index (χ0) is 13.0. The Morgan fingerprint density at radius 3 is 3.11 bits per heavy atom. The maximum atomic E-state index is 5.17. The number of rotatable bonds is 3. The SMILES string of the molecule is COc1cc(CN2CCCNC(C)(C)C2)ccn1. The molecule has 2 rings (SSSR count). The Morgan fingerprint density at radius 1 is 1.50 bits per heavy atom. The highest BCUT2D eigenvalue weighted by Gasteiger charge is 2.23. The number of aromatic nitrogens is 1. The van der Waals surface area contributed by atoms with Crippen LogP contribution in [0.25, 0.3) is 0 Å². The summed E-state index contributed by atoms with van der Waals surface area (Å²) in [6.07, 6.45) is 3.01. The molecule has 1 aromatic rings. The summed E-state index contributed by atoms with van der Waals surface area (Å²) < 4.78 is 5.17. The van der Waals surface area contributed by atoms with E-state index in [4.69, 9.17) is 4.74 Å². The molecule has 0 aliphatic carbocycles. The summed E-state index contributed by atoms with van der Waals surface area (Å²) in [5.41, 5.74) is 1.45. The van der Waals surface area contributed by atoms with E-state index in [1.54, 1.807) is 7.11 Å². The van der Waals surface area contributed by atoms with Crippen LogP contribution < -0.4 is 10.1 Å². The molecule has 4 heteroatoms. The van der Waals surface area contributed by atoms with Gasteiger partial charge in [-0.2, -0.15) is 0 Å². The first-order valence-corrected chi connectivity index (χ1v) is 6.55. The second kappa shape index (κ2) is 5.67. The molecule has 2 heterocycles. The van der Waals surface area contributed by atoms with Crippen LogP contribution in [0.15, 0.2) is 18.3 Å². The standard InChI is InChI=1S/C14H23N3O/c1-14(2)11-17(8-4-6-16-14)10-12-5-7-15-13(9-12)18-3/h5,7,9,16H,4,6,8,10-11H2,1-3H3. The number of pyridine rings is 1. The van der Waals surface area contributed by atoms with Crippen molar-refractivity contribution in [2.24, 2.45) is 0 Å². The molecule has 0 saturated carbocycles. The molecule has 100 valence electrons. The van der Waals surface area contributed by atoms with Crippen LogP contribution in [0.4, 0.5) is 0 Å². The lowest BCUT2D eigenvalue weighted by Crippen LogP contribution is -2.46. The van der Waals surface area contributed by atoms with Crippen LogP contribution in [0.5, 0.6) is 5.88 Å². The van der Waals surface area contributed by atoms with E-state index in [0.717, 1.165) is 26.2 Å². The summed E-state index contributed by atoms with van der Waals surface area (Å²) in [5.74, 6) is 0.694. The highest BCUT2D eigenvalue weighted by molar-refractivity contribution is 5.20. The lowest BCUT2D eigenvalue weighted by Gasteiger charge is -2.30. The van der Waals surface area contributed by atoms with Crippen molar-refractivity contribution in [3.63, 3.8) is 0 Å². The maximum absolute atomic E-state index is 5.17. The molecule has 0 amide bonds. The van der Waals surface area contributed by atoms with Gasteiger partial charge in [0.2, 0.25) is 5.88 Å². The summed E-state index contributed by atoms with van der Waals surface area (Å²) in [6, 6.07) is 4.08. The molecule has 18 heavy (non-hydrogen) atoms. The Morgan fingerprint density at radius 2 is 2.33 bits per heavy atom. The van der Waals surface area contributed by atoms with Crippen molar-refractivity contribution in [3.8, 4) is 5.88 Å². The van der Waals surface area contributed by atoms with Crippen LogP contribution in [0.1, 0.15) is 25.8 Å². The number of ether oxygens (including phenoxy) is 1. The zero-order valence-electron chi connectivity index (χ0n) is 11.6. The largest absolute Gasteiger partial charge is 0.481 e. The molecule has 1 aliphatic heterocycles. The zero-order valence-corrected chi connectivity index (χ0v) is 11.6. The second-order valence-electron chi connectivity index (χ2n) is 5.58. The predicted molar refractivity (Wildman–Crippen MR) is 72.8 cm³/mol. The van der Waals surface area contributed by atoms with E-state index in [2.05, 4.69) is 35.1 Å². The average molecular weight is 249 g/mol. The molecule has 0 atom stereocenters. The van der Waals surface area contributed by atoms with Crippen molar-refractivity contribution >= 4 is 0 Å². The minimum absolute atomic E-state index is 0.188. The van der Waals surface area contributed by atoms with Gasteiger partial charge in [0.15, 0.2) is 0 Å². The van der Waals surface area contributed by atoms with Crippen LogP contribution in [0.3, 0.4) is 0 Å². The number of nitrogens with zero attached hydrogens (tertiary/aromatic N) is 2. The molecule has 0 radical (unpaired) electrons. The highest BCUT2D eigenvalue weighted by Crippen LogP contribution is 2.15. The normalized spacial score (nSPS) is 20.4. The monoisotopic (exact) mass is 249 g/mol. The van der Waals surface area contributed by atoms with Gasteiger partial charge in [-0.25, -0.2) is 4.98 Å². The molecule has 1 fully saturated rings. The molecule has 1 N–H and O–H groups in total. The molecule has 0 aromatic carbocycles. The Balaban J connectivity index is 2.03. The summed E-state index contributed by atoms with van der Waals surface area (Å²) in [7, 11) is 1.66. The van der Waals surface area contributed by atoms with E-state index < -0.39 is 0 Å². The highest BCUT2D eigenvalue weighted by atomic mass is 16.5. The Kier molecular flexibility index (Phi) is 4.19. The first kappa shape index (κ1) is 13.3. The lowest BCUT2D eigenvalue weighted by molar-refractivity contribution is 0.223. The minimum Gasteiger partial charge on any atom is -0.481 e. The molecule has 0 unspecified atom stereocenters. The Labute approximate surface area is 109 Å². The first-order valence-electron chi connectivity index (χ1n) is 6.55. The topological polar surface area (TPSA) is 37.4 Å². The van der Waals surface area contributed by atoms with Crippen molar-refractivity contribution in [2.75, 3.05) is 26.7 Å². The van der Waals surface area contributed by atoms with Gasteiger partial charge in [0.1, 0.15) is 0 Å². The van der Waals surface area contributed by atoms with Gasteiger partial charge in [-0.15, -0.1) is 0 Å². The van der Waals surface area contributed by atoms with Crippen LogP contribution in [0.2, 0.25) is 0 Å². The maximum Gasteiger partial charge on any atom is 0.213 e. The minimum atomic E-state index is 0.188. The fraction of sp³-hybridized carbons (Fsp3) is 0.643. The van der Waals surface area contributed by atoms with Crippen molar-refractivity contribution in [1.29, 1.82) is 0 Å². The van der Waals surface area contributed by atoms with E-state index in [1.807, 2.05) is 12.3 Å². The molecule has 1 aliphatic rings. The average Bonchev–Trinajstić information content (AvgIpc) is 2.50. The third kappa shape index (κ3) is 3.68. The first-order chi connectivity index (χ1) is 8.59. The summed E-state index contributed by atoms with van der Waals surface area (Å²) in [5, 5.41) is 3.58. The van der Waals surface area contributed by atoms with Gasteiger partial charge in [-0.1, -0.05) is 0 Å². The van der Waals surface area contributed by atoms with E-state index in [0.29, 0.717) is 5.88 Å². The van der Waals surface area contributed by atoms with Crippen LogP contribution in [0, 0.1) is 0 Å². The molecule has 0 bridgehead atoms. The van der Waals surface area contributed by atoms with Gasteiger partial charge < -0.3 is 10.1 Å². The van der Waals surface area contributed by atoms with Crippen molar-refractivity contribution in [3.05, 3.63) is 23.9 Å². The summed E-state index contributed by atoms with van der Waals surface area (Å²) in [6.45, 7) is 8.79. The molecule has 0 spiro atoms. The lowest BCUT2D eigenvalue weighted by atomic mass is 10.1. The molecule has 1 aromatic heterocycles. The fourth-order valence-corrected chi connectivity index (χ4v) is 2.48. The molecular formula is C14H23N3O. The third-order valence-electron chi connectivity index (χ3n) is 3.29. The number of nitrogens with one attached hydrogen (secondary N) is 1. The van der Waals surface area contributed by atoms with Crippen molar-refractivity contribution < 1.29 is 4.74 Å². The van der Waals surface area contributed by atoms with Gasteiger partial charge in [-0.05, 0) is 45.0 Å². The van der Waals surface area contributed by atoms with E-state index in [9.17, 15) is 0 Å². The second-order valence-corrected chi connectivity index (χ2v) is 5.58. The van der Waals surface area contributed by atoms with Crippen LogP contribution >= 0.6 is 0 Å². The van der Waals surface area contributed by atoms with E-state index >= 15 is 0 Å². The number of hydrogen-bond acceptors (Lipinski definition) is 4. The van der Waals surface area contributed by atoms with Gasteiger partial charge in [0.05, 0.1) is 7.11 Å². The van der Waals surface area contributed by atoms with Gasteiger partial charge in [0, 0.05) is 30.9 Å². The molecule has 4 nitrogen and oxygen atoms in total.